The Labute approximate surface area is 124 Å². The van der Waals surface area contributed by atoms with Crippen LogP contribution in [-0.4, -0.2) is 21.3 Å². The van der Waals surface area contributed by atoms with E-state index in [-0.39, 0.29) is 6.04 Å². The summed E-state index contributed by atoms with van der Waals surface area (Å²) in [5.74, 6) is 7.71. The highest BCUT2D eigenvalue weighted by Crippen LogP contribution is 2.20. The molecule has 1 atom stereocenters. The van der Waals surface area contributed by atoms with Gasteiger partial charge in [0.2, 0.25) is 0 Å². The van der Waals surface area contributed by atoms with Gasteiger partial charge in [0.1, 0.15) is 5.82 Å². The van der Waals surface area contributed by atoms with Crippen molar-refractivity contribution >= 4 is 11.8 Å². The number of aromatic nitrogens is 2. The predicted octanol–water partition coefficient (Wildman–Crippen LogP) is 2.29. The van der Waals surface area contributed by atoms with Crippen molar-refractivity contribution < 1.29 is 0 Å². The fourth-order valence-corrected chi connectivity index (χ4v) is 2.97. The lowest BCUT2D eigenvalue weighted by atomic mass is 10.2. The Bertz CT molecular complexity index is 521. The molecule has 0 spiro atoms. The smallest absolute Gasteiger partial charge is 0.108 e. The van der Waals surface area contributed by atoms with Gasteiger partial charge in [-0.3, -0.25) is 11.3 Å². The number of rotatable bonds is 7. The second kappa shape index (κ2) is 7.47. The molecule has 1 heterocycles. The van der Waals surface area contributed by atoms with Gasteiger partial charge in [0.05, 0.1) is 0 Å². The summed E-state index contributed by atoms with van der Waals surface area (Å²) in [6.45, 7) is 2.10. The molecule has 0 aliphatic carbocycles. The van der Waals surface area contributed by atoms with Gasteiger partial charge >= 0.3 is 0 Å². The average Bonchev–Trinajstić information content (AvgIpc) is 2.86. The van der Waals surface area contributed by atoms with Crippen LogP contribution in [0.1, 0.15) is 17.8 Å². The zero-order valence-electron chi connectivity index (χ0n) is 12.0. The van der Waals surface area contributed by atoms with Gasteiger partial charge in [-0.25, -0.2) is 4.98 Å². The molecule has 108 valence electrons. The Morgan fingerprint density at radius 1 is 1.35 bits per heavy atom. The lowest BCUT2D eigenvalue weighted by molar-refractivity contribution is 0.528. The van der Waals surface area contributed by atoms with Crippen LogP contribution in [0.15, 0.2) is 41.6 Å². The fourth-order valence-electron chi connectivity index (χ4n) is 1.99. The van der Waals surface area contributed by atoms with Crippen LogP contribution in [0.4, 0.5) is 0 Å². The maximum Gasteiger partial charge on any atom is 0.108 e. The number of hydrazine groups is 1. The van der Waals surface area contributed by atoms with E-state index in [1.807, 2.05) is 31.2 Å². The van der Waals surface area contributed by atoms with E-state index in [0.29, 0.717) is 0 Å². The number of nitrogens with two attached hydrogens (primary N) is 1. The monoisotopic (exact) mass is 290 g/mol. The molecule has 1 aromatic carbocycles. The number of nitrogens with zero attached hydrogens (tertiary/aromatic N) is 2. The topological polar surface area (TPSA) is 55.9 Å². The molecule has 3 N–H and O–H groups in total. The fraction of sp³-hybridized carbons (Fsp3) is 0.400. The molecule has 0 saturated carbocycles. The Hall–Kier alpha value is -1.30. The van der Waals surface area contributed by atoms with Crippen molar-refractivity contribution in [2.45, 2.75) is 30.7 Å². The minimum Gasteiger partial charge on any atom is -0.338 e. The number of thioether (sulfide) groups is 1. The van der Waals surface area contributed by atoms with E-state index in [1.165, 1.54) is 10.5 Å². The van der Waals surface area contributed by atoms with E-state index in [9.17, 15) is 0 Å². The van der Waals surface area contributed by atoms with E-state index in [2.05, 4.69) is 46.2 Å². The lowest BCUT2D eigenvalue weighted by Gasteiger charge is -2.15. The van der Waals surface area contributed by atoms with Crippen molar-refractivity contribution in [2.75, 3.05) is 5.75 Å². The first-order valence-electron chi connectivity index (χ1n) is 6.81. The molecule has 0 bridgehead atoms. The van der Waals surface area contributed by atoms with Crippen molar-refractivity contribution in [1.82, 2.24) is 15.0 Å². The molecule has 0 saturated heterocycles. The summed E-state index contributed by atoms with van der Waals surface area (Å²) < 4.78 is 2.06. The summed E-state index contributed by atoms with van der Waals surface area (Å²) in [7, 11) is 2.02. The third kappa shape index (κ3) is 4.37. The van der Waals surface area contributed by atoms with Crippen molar-refractivity contribution in [3.05, 3.63) is 48.0 Å². The van der Waals surface area contributed by atoms with E-state index in [1.54, 1.807) is 0 Å². The van der Waals surface area contributed by atoms with E-state index >= 15 is 0 Å². The Morgan fingerprint density at radius 2 is 2.10 bits per heavy atom. The van der Waals surface area contributed by atoms with Crippen LogP contribution < -0.4 is 11.3 Å². The number of imidazole rings is 1. The van der Waals surface area contributed by atoms with Gasteiger partial charge < -0.3 is 4.57 Å². The van der Waals surface area contributed by atoms with Gasteiger partial charge in [0.15, 0.2) is 0 Å². The van der Waals surface area contributed by atoms with Crippen LogP contribution in [0, 0.1) is 6.92 Å². The van der Waals surface area contributed by atoms with Gasteiger partial charge in [-0.15, -0.1) is 11.8 Å². The number of benzene rings is 1. The second-order valence-electron chi connectivity index (χ2n) is 4.98. The van der Waals surface area contributed by atoms with Crippen LogP contribution in [0.3, 0.4) is 0 Å². The highest BCUT2D eigenvalue weighted by Gasteiger charge is 2.09. The Balaban J connectivity index is 1.80. The zero-order valence-corrected chi connectivity index (χ0v) is 12.9. The van der Waals surface area contributed by atoms with Crippen LogP contribution in [0.2, 0.25) is 0 Å². The average molecular weight is 290 g/mol. The molecule has 0 aliphatic heterocycles. The summed E-state index contributed by atoms with van der Waals surface area (Å²) in [6, 6.07) is 8.89. The van der Waals surface area contributed by atoms with Gasteiger partial charge in [0.25, 0.3) is 0 Å². The Morgan fingerprint density at radius 3 is 2.70 bits per heavy atom. The number of hydrogen-bond donors (Lipinski definition) is 2. The van der Waals surface area contributed by atoms with Crippen molar-refractivity contribution in [1.29, 1.82) is 0 Å². The minimum atomic E-state index is 0.290. The van der Waals surface area contributed by atoms with Crippen molar-refractivity contribution in [2.24, 2.45) is 12.9 Å². The summed E-state index contributed by atoms with van der Waals surface area (Å²) >= 11 is 1.83. The number of nitrogens with one attached hydrogen (secondary N) is 1. The molecule has 0 fully saturated rings. The number of hydrogen-bond acceptors (Lipinski definition) is 4. The molecule has 1 aromatic heterocycles. The van der Waals surface area contributed by atoms with E-state index in [4.69, 9.17) is 5.84 Å². The zero-order chi connectivity index (χ0) is 14.4. The first kappa shape index (κ1) is 15.1. The first-order chi connectivity index (χ1) is 9.69. The second-order valence-corrected chi connectivity index (χ2v) is 6.07. The highest BCUT2D eigenvalue weighted by molar-refractivity contribution is 7.99. The quantitative estimate of drug-likeness (QED) is 0.467. The molecule has 2 aromatic rings. The molecule has 2 rings (SSSR count). The third-order valence-electron chi connectivity index (χ3n) is 3.35. The highest BCUT2D eigenvalue weighted by atomic mass is 32.2. The third-order valence-corrected chi connectivity index (χ3v) is 4.52. The molecular formula is C15H22N4S. The normalized spacial score (nSPS) is 12.6. The molecule has 20 heavy (non-hydrogen) atoms. The molecule has 0 radical (unpaired) electrons. The molecule has 4 nitrogen and oxygen atoms in total. The molecule has 0 aliphatic rings. The molecular weight excluding hydrogens is 268 g/mol. The lowest BCUT2D eigenvalue weighted by Crippen LogP contribution is -2.37. The maximum absolute atomic E-state index is 5.65. The standard InChI is InChI=1S/C15H22N4S/c1-12-3-6-14(7-4-12)20-11-13(18-16)5-8-15-17-9-10-19(15)2/h3-4,6-7,9-10,13,18H,5,8,11,16H2,1-2H3. The van der Waals surface area contributed by atoms with Crippen LogP contribution in [0.25, 0.3) is 0 Å². The summed E-state index contributed by atoms with van der Waals surface area (Å²) in [5.41, 5.74) is 4.20. The Kier molecular flexibility index (Phi) is 5.64. The minimum absolute atomic E-state index is 0.290. The van der Waals surface area contributed by atoms with Crippen LogP contribution in [-0.2, 0) is 13.5 Å². The first-order valence-corrected chi connectivity index (χ1v) is 7.79. The van der Waals surface area contributed by atoms with Crippen molar-refractivity contribution in [3.8, 4) is 0 Å². The van der Waals surface area contributed by atoms with Gasteiger partial charge in [-0.05, 0) is 25.5 Å². The SMILES string of the molecule is Cc1ccc(SCC(CCc2nccn2C)NN)cc1. The van der Waals surface area contributed by atoms with E-state index < -0.39 is 0 Å². The molecule has 1 unspecified atom stereocenters. The summed E-state index contributed by atoms with van der Waals surface area (Å²) in [6.07, 6.45) is 5.73. The van der Waals surface area contributed by atoms with Gasteiger partial charge in [-0.1, -0.05) is 17.7 Å². The molecule has 0 amide bonds. The summed E-state index contributed by atoms with van der Waals surface area (Å²) in [5, 5.41) is 0. The van der Waals surface area contributed by atoms with Gasteiger partial charge in [0, 0.05) is 42.6 Å². The van der Waals surface area contributed by atoms with Crippen LogP contribution in [0.5, 0.6) is 0 Å². The predicted molar refractivity (Wildman–Crippen MR) is 84.5 cm³/mol. The number of aryl methyl sites for hydroxylation is 3. The van der Waals surface area contributed by atoms with E-state index in [0.717, 1.165) is 24.4 Å². The maximum atomic E-state index is 5.65. The molecule has 5 heteroatoms. The van der Waals surface area contributed by atoms with Crippen molar-refractivity contribution in [3.63, 3.8) is 0 Å². The largest absolute Gasteiger partial charge is 0.338 e. The van der Waals surface area contributed by atoms with Gasteiger partial charge in [-0.2, -0.15) is 0 Å². The van der Waals surface area contributed by atoms with Crippen LogP contribution >= 0.6 is 11.8 Å². The summed E-state index contributed by atoms with van der Waals surface area (Å²) in [4.78, 5) is 5.62.